The topological polar surface area (TPSA) is 105 Å². The molecule has 0 aromatic carbocycles. The maximum absolute atomic E-state index is 11.0. The quantitative estimate of drug-likeness (QED) is 0.579. The highest BCUT2D eigenvalue weighted by molar-refractivity contribution is 5.70. The average molecular weight is 267 g/mol. The van der Waals surface area contributed by atoms with Gasteiger partial charge in [-0.15, -0.1) is 0 Å². The van der Waals surface area contributed by atoms with Gasteiger partial charge in [0.15, 0.2) is 0 Å². The van der Waals surface area contributed by atoms with E-state index in [9.17, 15) is 14.9 Å². The molecule has 19 heavy (non-hydrogen) atoms. The Balaban J connectivity index is 2.59. The molecule has 1 rings (SSSR count). The van der Waals surface area contributed by atoms with Crippen molar-refractivity contribution < 1.29 is 14.8 Å². The maximum Gasteiger partial charge on any atom is 0.308 e. The third kappa shape index (κ3) is 4.90. The third-order valence-electron chi connectivity index (χ3n) is 2.59. The Morgan fingerprint density at radius 3 is 2.63 bits per heavy atom. The summed E-state index contributed by atoms with van der Waals surface area (Å²) in [4.78, 5) is 24.8. The van der Waals surface area contributed by atoms with Crippen LogP contribution < -0.4 is 5.32 Å². The van der Waals surface area contributed by atoms with Crippen LogP contribution in [-0.4, -0.2) is 27.5 Å². The number of rotatable bonds is 7. The van der Waals surface area contributed by atoms with E-state index in [2.05, 4.69) is 10.3 Å². The predicted molar refractivity (Wildman–Crippen MR) is 70.0 cm³/mol. The van der Waals surface area contributed by atoms with Gasteiger partial charge in [0.25, 0.3) is 5.69 Å². The number of carbonyl (C=O) groups is 1. The van der Waals surface area contributed by atoms with Crippen LogP contribution in [0.2, 0.25) is 0 Å². The maximum atomic E-state index is 11.0. The second-order valence-corrected chi connectivity index (χ2v) is 4.70. The fourth-order valence-electron chi connectivity index (χ4n) is 1.67. The largest absolute Gasteiger partial charge is 0.481 e. The highest BCUT2D eigenvalue weighted by Gasteiger charge is 2.18. The summed E-state index contributed by atoms with van der Waals surface area (Å²) >= 11 is 0. The summed E-state index contributed by atoms with van der Waals surface area (Å²) < 4.78 is 0. The van der Waals surface area contributed by atoms with Crippen molar-refractivity contribution in [3.05, 3.63) is 28.4 Å². The lowest BCUT2D eigenvalue weighted by Crippen LogP contribution is -2.24. The molecule has 0 aliphatic carbocycles. The molecule has 2 N–H and O–H groups in total. The van der Waals surface area contributed by atoms with Gasteiger partial charge in [-0.25, -0.2) is 4.98 Å². The van der Waals surface area contributed by atoms with E-state index >= 15 is 0 Å². The monoisotopic (exact) mass is 267 g/mol. The van der Waals surface area contributed by atoms with Gasteiger partial charge >= 0.3 is 5.97 Å². The first-order valence-corrected chi connectivity index (χ1v) is 5.97. The van der Waals surface area contributed by atoms with E-state index in [4.69, 9.17) is 5.11 Å². The number of nitro groups is 1. The molecule has 0 spiro atoms. The van der Waals surface area contributed by atoms with Gasteiger partial charge in [-0.1, -0.05) is 13.8 Å². The normalized spacial score (nSPS) is 12.2. The van der Waals surface area contributed by atoms with Crippen molar-refractivity contribution in [1.82, 2.24) is 4.98 Å². The van der Waals surface area contributed by atoms with Gasteiger partial charge < -0.3 is 10.4 Å². The summed E-state index contributed by atoms with van der Waals surface area (Å²) in [6.07, 6.45) is 1.70. The Morgan fingerprint density at radius 1 is 1.53 bits per heavy atom. The molecule has 0 fully saturated rings. The number of hydrogen-bond acceptors (Lipinski definition) is 5. The average Bonchev–Trinajstić information content (AvgIpc) is 2.34. The van der Waals surface area contributed by atoms with Crippen molar-refractivity contribution in [1.29, 1.82) is 0 Å². The Labute approximate surface area is 110 Å². The molecule has 0 bridgehead atoms. The van der Waals surface area contributed by atoms with Crippen molar-refractivity contribution in [3.8, 4) is 0 Å². The van der Waals surface area contributed by atoms with E-state index < -0.39 is 16.8 Å². The van der Waals surface area contributed by atoms with Crippen LogP contribution in [0.3, 0.4) is 0 Å². The minimum atomic E-state index is -0.858. The van der Waals surface area contributed by atoms with E-state index in [1.54, 1.807) is 0 Å². The summed E-state index contributed by atoms with van der Waals surface area (Å²) in [6, 6.07) is 2.79. The zero-order valence-corrected chi connectivity index (χ0v) is 10.9. The molecule has 0 saturated heterocycles. The van der Waals surface area contributed by atoms with Gasteiger partial charge in [-0.2, -0.15) is 0 Å². The van der Waals surface area contributed by atoms with Crippen LogP contribution in [0.1, 0.15) is 20.3 Å². The number of hydrogen-bond donors (Lipinski definition) is 2. The van der Waals surface area contributed by atoms with Gasteiger partial charge in [0.05, 0.1) is 10.8 Å². The Bertz CT molecular complexity index is 445. The second kappa shape index (κ2) is 6.67. The summed E-state index contributed by atoms with van der Waals surface area (Å²) in [5.41, 5.74) is -0.0949. The fourth-order valence-corrected chi connectivity index (χ4v) is 1.67. The molecule has 104 valence electrons. The van der Waals surface area contributed by atoms with Crippen molar-refractivity contribution in [3.63, 3.8) is 0 Å². The number of anilines is 1. The minimum absolute atomic E-state index is 0.0949. The van der Waals surface area contributed by atoms with E-state index in [1.807, 2.05) is 13.8 Å². The van der Waals surface area contributed by atoms with Crippen molar-refractivity contribution in [2.75, 3.05) is 11.9 Å². The Kier molecular flexibility index (Phi) is 5.23. The number of pyridine rings is 1. The molecule has 1 unspecified atom stereocenters. The number of carboxylic acids is 1. The second-order valence-electron chi connectivity index (χ2n) is 4.70. The first-order valence-electron chi connectivity index (χ1n) is 5.97. The molecule has 1 heterocycles. The molecule has 0 radical (unpaired) electrons. The van der Waals surface area contributed by atoms with E-state index in [1.165, 1.54) is 12.1 Å². The van der Waals surface area contributed by atoms with Gasteiger partial charge in [0, 0.05) is 12.6 Å². The standard InChI is InChI=1S/C12H17N3O4/c1-8(2)5-9(12(16)17)6-13-11-4-3-10(7-14-11)15(18)19/h3-4,7-9H,5-6H2,1-2H3,(H,13,14)(H,16,17). The van der Waals surface area contributed by atoms with Gasteiger partial charge in [-0.3, -0.25) is 14.9 Å². The minimum Gasteiger partial charge on any atom is -0.481 e. The van der Waals surface area contributed by atoms with Gasteiger partial charge in [-0.05, 0) is 18.4 Å². The van der Waals surface area contributed by atoms with E-state index in [0.717, 1.165) is 6.20 Å². The first-order chi connectivity index (χ1) is 8.90. The first kappa shape index (κ1) is 14.9. The Hall–Kier alpha value is -2.18. The molecule has 0 amide bonds. The molecule has 7 nitrogen and oxygen atoms in total. The van der Waals surface area contributed by atoms with Crippen LogP contribution in [0.15, 0.2) is 18.3 Å². The zero-order chi connectivity index (χ0) is 14.4. The van der Waals surface area contributed by atoms with Crippen LogP contribution in [0.25, 0.3) is 0 Å². The van der Waals surface area contributed by atoms with Crippen LogP contribution in [0, 0.1) is 22.0 Å². The lowest BCUT2D eigenvalue weighted by atomic mass is 9.97. The highest BCUT2D eigenvalue weighted by Crippen LogP contribution is 2.15. The van der Waals surface area contributed by atoms with Crippen LogP contribution in [0.5, 0.6) is 0 Å². The van der Waals surface area contributed by atoms with Gasteiger partial charge in [0.1, 0.15) is 12.0 Å². The van der Waals surface area contributed by atoms with E-state index in [0.29, 0.717) is 12.2 Å². The molecule has 0 saturated carbocycles. The molecule has 1 aromatic rings. The molecular weight excluding hydrogens is 250 g/mol. The number of nitrogens with zero attached hydrogens (tertiary/aromatic N) is 2. The molecule has 0 aliphatic rings. The molecule has 7 heteroatoms. The molecule has 0 aliphatic heterocycles. The van der Waals surface area contributed by atoms with Crippen LogP contribution in [0.4, 0.5) is 11.5 Å². The number of aliphatic carboxylic acids is 1. The summed E-state index contributed by atoms with van der Waals surface area (Å²) in [5, 5.41) is 22.4. The smallest absolute Gasteiger partial charge is 0.308 e. The number of carboxylic acid groups (broad SMARTS) is 1. The number of nitrogens with one attached hydrogen (secondary N) is 1. The van der Waals surface area contributed by atoms with E-state index in [-0.39, 0.29) is 18.2 Å². The van der Waals surface area contributed by atoms with Crippen molar-refractivity contribution in [2.45, 2.75) is 20.3 Å². The highest BCUT2D eigenvalue weighted by atomic mass is 16.6. The zero-order valence-electron chi connectivity index (χ0n) is 10.9. The van der Waals surface area contributed by atoms with Crippen molar-refractivity contribution >= 4 is 17.5 Å². The summed E-state index contributed by atoms with van der Waals surface area (Å²) in [5.74, 6) is -0.645. The van der Waals surface area contributed by atoms with Crippen LogP contribution in [-0.2, 0) is 4.79 Å². The lowest BCUT2D eigenvalue weighted by molar-refractivity contribution is -0.385. The fraction of sp³-hybridized carbons (Fsp3) is 0.500. The summed E-state index contributed by atoms with van der Waals surface area (Å²) in [6.45, 7) is 4.17. The molecule has 1 atom stereocenters. The van der Waals surface area contributed by atoms with Gasteiger partial charge in [0.2, 0.25) is 0 Å². The third-order valence-corrected chi connectivity index (χ3v) is 2.59. The predicted octanol–water partition coefficient (Wildman–Crippen LogP) is 2.15. The molecule has 1 aromatic heterocycles. The molecular formula is C12H17N3O4. The van der Waals surface area contributed by atoms with Crippen molar-refractivity contribution in [2.24, 2.45) is 11.8 Å². The Morgan fingerprint density at radius 2 is 2.21 bits per heavy atom. The van der Waals surface area contributed by atoms with Crippen LogP contribution >= 0.6 is 0 Å². The lowest BCUT2D eigenvalue weighted by Gasteiger charge is -2.15. The SMILES string of the molecule is CC(C)CC(CNc1ccc([N+](=O)[O-])cn1)C(=O)O. The summed E-state index contributed by atoms with van der Waals surface area (Å²) in [7, 11) is 0. The number of aromatic nitrogens is 1.